The fraction of sp³-hybridized carbons (Fsp3) is 0.429. The molecule has 0 radical (unpaired) electrons. The predicted molar refractivity (Wildman–Crippen MR) is 100.0 cm³/mol. The third-order valence-corrected chi connectivity index (χ3v) is 6.08. The molecule has 1 aromatic carbocycles. The summed E-state index contributed by atoms with van der Waals surface area (Å²) in [5, 5.41) is 3.18. The Morgan fingerprint density at radius 2 is 1.89 bits per heavy atom. The Morgan fingerprint density at radius 3 is 2.61 bits per heavy atom. The van der Waals surface area contributed by atoms with Gasteiger partial charge < -0.3 is 10.2 Å². The summed E-state index contributed by atoms with van der Waals surface area (Å²) in [4.78, 5) is 18.4. The first kappa shape index (κ1) is 18.8. The van der Waals surface area contributed by atoms with Crippen molar-refractivity contribution >= 4 is 11.7 Å². The summed E-state index contributed by atoms with van der Waals surface area (Å²) >= 11 is 0. The standard InChI is InChI=1S/C21H22F3N3O/c1-20(26-19(28)14-6-3-2-4-7-14)11-10-15-12-27(13-16(15)20)18-9-5-8-17(25-18)21(22,23)24/h2-9,15-16H,10-13H2,1H3,(H,26,28). The molecule has 4 nitrogen and oxygen atoms in total. The Bertz CT molecular complexity index is 871. The molecule has 7 heteroatoms. The fourth-order valence-electron chi connectivity index (χ4n) is 4.58. The molecule has 0 spiro atoms. The van der Waals surface area contributed by atoms with Gasteiger partial charge in [-0.1, -0.05) is 24.3 Å². The average Bonchev–Trinajstić information content (AvgIpc) is 3.23. The van der Waals surface area contributed by atoms with Crippen LogP contribution in [0.5, 0.6) is 0 Å². The van der Waals surface area contributed by atoms with Crippen LogP contribution < -0.4 is 10.2 Å². The van der Waals surface area contributed by atoms with Crippen molar-refractivity contribution in [3.8, 4) is 0 Å². The highest BCUT2D eigenvalue weighted by Crippen LogP contribution is 2.46. The molecule has 28 heavy (non-hydrogen) atoms. The summed E-state index contributed by atoms with van der Waals surface area (Å²) < 4.78 is 39.0. The lowest BCUT2D eigenvalue weighted by Crippen LogP contribution is -2.50. The van der Waals surface area contributed by atoms with Gasteiger partial charge >= 0.3 is 6.18 Å². The van der Waals surface area contributed by atoms with Crippen molar-refractivity contribution in [2.75, 3.05) is 18.0 Å². The number of carbonyl (C=O) groups excluding carboxylic acids is 1. The van der Waals surface area contributed by atoms with Crippen LogP contribution in [0.2, 0.25) is 0 Å². The van der Waals surface area contributed by atoms with Crippen LogP contribution in [0.25, 0.3) is 0 Å². The van der Waals surface area contributed by atoms with E-state index in [0.717, 1.165) is 18.9 Å². The summed E-state index contributed by atoms with van der Waals surface area (Å²) in [6.45, 7) is 3.29. The highest BCUT2D eigenvalue weighted by atomic mass is 19.4. The van der Waals surface area contributed by atoms with Crippen LogP contribution in [0.3, 0.4) is 0 Å². The molecule has 2 aliphatic rings. The van der Waals surface area contributed by atoms with E-state index >= 15 is 0 Å². The molecule has 1 aliphatic carbocycles. The van der Waals surface area contributed by atoms with Crippen molar-refractivity contribution in [2.45, 2.75) is 31.5 Å². The smallest absolute Gasteiger partial charge is 0.356 e. The van der Waals surface area contributed by atoms with Gasteiger partial charge in [0.25, 0.3) is 5.91 Å². The van der Waals surface area contributed by atoms with Crippen molar-refractivity contribution in [2.24, 2.45) is 11.8 Å². The van der Waals surface area contributed by atoms with E-state index in [4.69, 9.17) is 0 Å². The zero-order chi connectivity index (χ0) is 19.9. The zero-order valence-corrected chi connectivity index (χ0v) is 15.5. The minimum absolute atomic E-state index is 0.112. The minimum Gasteiger partial charge on any atom is -0.356 e. The number of rotatable bonds is 3. The van der Waals surface area contributed by atoms with E-state index in [0.29, 0.717) is 30.4 Å². The number of amides is 1. The molecule has 2 aromatic rings. The predicted octanol–water partition coefficient (Wildman–Crippen LogP) is 4.14. The van der Waals surface area contributed by atoms with Crippen LogP contribution >= 0.6 is 0 Å². The van der Waals surface area contributed by atoms with Crippen LogP contribution in [0.15, 0.2) is 48.5 Å². The van der Waals surface area contributed by atoms with Crippen molar-refractivity contribution in [1.82, 2.24) is 10.3 Å². The van der Waals surface area contributed by atoms with E-state index in [1.165, 1.54) is 6.07 Å². The molecule has 148 valence electrons. The highest BCUT2D eigenvalue weighted by Gasteiger charge is 2.50. The Kier molecular flexibility index (Phi) is 4.56. The number of halogens is 3. The number of hydrogen-bond donors (Lipinski definition) is 1. The maximum atomic E-state index is 13.0. The number of pyridine rings is 1. The first-order chi connectivity index (χ1) is 13.3. The van der Waals surface area contributed by atoms with Gasteiger partial charge in [-0.15, -0.1) is 0 Å². The largest absolute Gasteiger partial charge is 0.433 e. The Balaban J connectivity index is 1.50. The van der Waals surface area contributed by atoms with Crippen molar-refractivity contribution in [1.29, 1.82) is 0 Å². The number of aromatic nitrogens is 1. The van der Waals surface area contributed by atoms with Gasteiger partial charge in [0, 0.05) is 30.1 Å². The molecule has 1 saturated carbocycles. The number of nitrogens with one attached hydrogen (secondary N) is 1. The summed E-state index contributed by atoms with van der Waals surface area (Å²) in [5.41, 5.74) is -0.641. The number of alkyl halides is 3. The van der Waals surface area contributed by atoms with Gasteiger partial charge in [-0.25, -0.2) is 4.98 Å². The van der Waals surface area contributed by atoms with Crippen LogP contribution in [-0.2, 0) is 6.18 Å². The van der Waals surface area contributed by atoms with Gasteiger partial charge in [-0.3, -0.25) is 4.79 Å². The second-order valence-corrected chi connectivity index (χ2v) is 7.93. The molecular weight excluding hydrogens is 367 g/mol. The number of benzene rings is 1. The van der Waals surface area contributed by atoms with Gasteiger partial charge in [-0.05, 0) is 49.9 Å². The summed E-state index contributed by atoms with van der Waals surface area (Å²) in [7, 11) is 0. The topological polar surface area (TPSA) is 45.2 Å². The van der Waals surface area contributed by atoms with Gasteiger partial charge in [0.2, 0.25) is 0 Å². The van der Waals surface area contributed by atoms with Crippen LogP contribution in [0.1, 0.15) is 35.8 Å². The summed E-state index contributed by atoms with van der Waals surface area (Å²) in [6, 6.07) is 13.1. The number of carbonyl (C=O) groups is 1. The maximum absolute atomic E-state index is 13.0. The molecule has 1 aromatic heterocycles. The van der Waals surface area contributed by atoms with Gasteiger partial charge in [0.1, 0.15) is 11.5 Å². The van der Waals surface area contributed by atoms with E-state index in [-0.39, 0.29) is 17.4 Å². The lowest BCUT2D eigenvalue weighted by molar-refractivity contribution is -0.141. The van der Waals surface area contributed by atoms with Crippen molar-refractivity contribution < 1.29 is 18.0 Å². The van der Waals surface area contributed by atoms with Crippen LogP contribution in [0.4, 0.5) is 19.0 Å². The number of anilines is 1. The third kappa shape index (κ3) is 3.45. The van der Waals surface area contributed by atoms with E-state index in [9.17, 15) is 18.0 Å². The van der Waals surface area contributed by atoms with E-state index < -0.39 is 11.9 Å². The third-order valence-electron chi connectivity index (χ3n) is 6.08. The van der Waals surface area contributed by atoms with E-state index in [1.54, 1.807) is 18.2 Å². The monoisotopic (exact) mass is 389 g/mol. The molecule has 1 amide bonds. The molecule has 3 unspecified atom stereocenters. The Labute approximate surface area is 161 Å². The first-order valence-electron chi connectivity index (χ1n) is 9.43. The molecule has 3 atom stereocenters. The first-order valence-corrected chi connectivity index (χ1v) is 9.43. The summed E-state index contributed by atoms with van der Waals surface area (Å²) in [6.07, 6.45) is -2.65. The fourth-order valence-corrected chi connectivity index (χ4v) is 4.58. The summed E-state index contributed by atoms with van der Waals surface area (Å²) in [5.74, 6) is 0.745. The number of hydrogen-bond acceptors (Lipinski definition) is 3. The van der Waals surface area contributed by atoms with E-state index in [1.807, 2.05) is 30.0 Å². The van der Waals surface area contributed by atoms with Crippen molar-refractivity contribution in [3.05, 3.63) is 59.8 Å². The van der Waals surface area contributed by atoms with Gasteiger partial charge in [-0.2, -0.15) is 13.2 Å². The molecule has 2 heterocycles. The highest BCUT2D eigenvalue weighted by molar-refractivity contribution is 5.94. The van der Waals surface area contributed by atoms with Crippen molar-refractivity contribution in [3.63, 3.8) is 0 Å². The molecule has 4 rings (SSSR count). The minimum atomic E-state index is -4.45. The van der Waals surface area contributed by atoms with Crippen LogP contribution in [-0.4, -0.2) is 29.5 Å². The second kappa shape index (κ2) is 6.79. The molecule has 1 aliphatic heterocycles. The average molecular weight is 389 g/mol. The normalized spacial score (nSPS) is 26.9. The number of fused-ring (bicyclic) bond motifs is 1. The molecule has 2 fully saturated rings. The second-order valence-electron chi connectivity index (χ2n) is 7.93. The molecule has 0 bridgehead atoms. The Hall–Kier alpha value is -2.57. The Morgan fingerprint density at radius 1 is 1.14 bits per heavy atom. The lowest BCUT2D eigenvalue weighted by Gasteiger charge is -2.33. The number of nitrogens with zero attached hydrogens (tertiary/aromatic N) is 2. The van der Waals surface area contributed by atoms with Gasteiger partial charge in [0.05, 0.1) is 0 Å². The van der Waals surface area contributed by atoms with Gasteiger partial charge in [0.15, 0.2) is 0 Å². The molecule has 1 N–H and O–H groups in total. The maximum Gasteiger partial charge on any atom is 0.433 e. The van der Waals surface area contributed by atoms with Crippen LogP contribution in [0, 0.1) is 11.8 Å². The quantitative estimate of drug-likeness (QED) is 0.858. The lowest BCUT2D eigenvalue weighted by atomic mass is 9.86. The zero-order valence-electron chi connectivity index (χ0n) is 15.5. The SMILES string of the molecule is CC1(NC(=O)c2ccccc2)CCC2CN(c3cccc(C(F)(F)F)n3)CC21. The molecule has 1 saturated heterocycles. The van der Waals surface area contributed by atoms with E-state index in [2.05, 4.69) is 10.3 Å². The molecular formula is C21H22F3N3O.